The fraction of sp³-hybridized carbons (Fsp3) is 0.250. The van der Waals surface area contributed by atoms with Crippen LogP contribution in [0.2, 0.25) is 0 Å². The van der Waals surface area contributed by atoms with Crippen molar-refractivity contribution in [1.29, 1.82) is 0 Å². The fourth-order valence-electron chi connectivity index (χ4n) is 2.66. The average molecular weight is 297 g/mol. The molecule has 1 atom stereocenters. The van der Waals surface area contributed by atoms with Gasteiger partial charge in [0.15, 0.2) is 0 Å². The number of benzene rings is 1. The minimum Gasteiger partial charge on any atom is -0.472 e. The molecule has 2 aromatic heterocycles. The van der Waals surface area contributed by atoms with Gasteiger partial charge in [0, 0.05) is 12.5 Å². The number of hydrogen-bond donors (Lipinski definition) is 1. The van der Waals surface area contributed by atoms with Crippen LogP contribution in [0, 0.1) is 0 Å². The standard InChI is InChI=1S/C16H15N3O3/c20-16-18-13-3-1-2-4-14(13)19(16)11-5-6-15(17-9-11)22-12-7-8-21-10-12/h1-6,9,12H,7-8,10H2,(H,18,20). The Bertz CT molecular complexity index is 845. The van der Waals surface area contributed by atoms with Gasteiger partial charge in [0.05, 0.1) is 36.1 Å². The van der Waals surface area contributed by atoms with Crippen molar-refractivity contribution in [3.05, 3.63) is 53.1 Å². The third kappa shape index (κ3) is 2.27. The van der Waals surface area contributed by atoms with E-state index in [0.717, 1.165) is 24.1 Å². The average Bonchev–Trinajstić information content (AvgIpc) is 3.15. The molecule has 1 unspecified atom stereocenters. The number of ether oxygens (including phenoxy) is 2. The maximum Gasteiger partial charge on any atom is 0.331 e. The van der Waals surface area contributed by atoms with Crippen LogP contribution in [0.3, 0.4) is 0 Å². The molecule has 1 N–H and O–H groups in total. The first kappa shape index (κ1) is 13.1. The molecule has 112 valence electrons. The molecular weight excluding hydrogens is 282 g/mol. The Balaban J connectivity index is 1.67. The zero-order valence-electron chi connectivity index (χ0n) is 11.9. The van der Waals surface area contributed by atoms with E-state index in [1.807, 2.05) is 30.3 Å². The number of rotatable bonds is 3. The van der Waals surface area contributed by atoms with Crippen molar-refractivity contribution < 1.29 is 9.47 Å². The molecule has 4 rings (SSSR count). The molecule has 0 aliphatic carbocycles. The van der Waals surface area contributed by atoms with E-state index in [1.165, 1.54) is 0 Å². The second-order valence-corrected chi connectivity index (χ2v) is 5.24. The van der Waals surface area contributed by atoms with Crippen LogP contribution >= 0.6 is 0 Å². The van der Waals surface area contributed by atoms with Gasteiger partial charge >= 0.3 is 5.69 Å². The summed E-state index contributed by atoms with van der Waals surface area (Å²) in [7, 11) is 0. The number of nitrogens with zero attached hydrogens (tertiary/aromatic N) is 2. The van der Waals surface area contributed by atoms with Crippen LogP contribution in [0.5, 0.6) is 5.88 Å². The van der Waals surface area contributed by atoms with Crippen LogP contribution in [-0.4, -0.2) is 33.9 Å². The van der Waals surface area contributed by atoms with E-state index in [2.05, 4.69) is 9.97 Å². The third-order valence-electron chi connectivity index (χ3n) is 3.74. The molecule has 6 nitrogen and oxygen atoms in total. The van der Waals surface area contributed by atoms with Crippen LogP contribution in [0.25, 0.3) is 16.7 Å². The van der Waals surface area contributed by atoms with E-state index in [0.29, 0.717) is 18.2 Å². The van der Waals surface area contributed by atoms with Gasteiger partial charge in [-0.05, 0) is 18.2 Å². The van der Waals surface area contributed by atoms with Gasteiger partial charge in [-0.25, -0.2) is 9.78 Å². The normalized spacial score (nSPS) is 17.9. The molecule has 3 heterocycles. The Kier molecular flexibility index (Phi) is 3.16. The first-order valence-electron chi connectivity index (χ1n) is 7.22. The summed E-state index contributed by atoms with van der Waals surface area (Å²) in [5.74, 6) is 0.548. The van der Waals surface area contributed by atoms with E-state index in [9.17, 15) is 4.79 Å². The van der Waals surface area contributed by atoms with Gasteiger partial charge in [0.2, 0.25) is 5.88 Å². The molecule has 22 heavy (non-hydrogen) atoms. The summed E-state index contributed by atoms with van der Waals surface area (Å²) >= 11 is 0. The van der Waals surface area contributed by atoms with Gasteiger partial charge in [-0.1, -0.05) is 12.1 Å². The number of aromatic nitrogens is 3. The lowest BCUT2D eigenvalue weighted by molar-refractivity contribution is 0.138. The Morgan fingerprint density at radius 2 is 2.18 bits per heavy atom. The molecular formula is C16H15N3O3. The van der Waals surface area contributed by atoms with Gasteiger partial charge in [0.25, 0.3) is 0 Å². The van der Waals surface area contributed by atoms with E-state index >= 15 is 0 Å². The number of para-hydroxylation sites is 2. The third-order valence-corrected chi connectivity index (χ3v) is 3.74. The van der Waals surface area contributed by atoms with Crippen molar-refractivity contribution in [3.8, 4) is 11.6 Å². The first-order valence-corrected chi connectivity index (χ1v) is 7.22. The van der Waals surface area contributed by atoms with Crippen LogP contribution < -0.4 is 10.4 Å². The molecule has 6 heteroatoms. The molecule has 0 bridgehead atoms. The second kappa shape index (κ2) is 5.31. The number of imidazole rings is 1. The molecule has 1 aliphatic heterocycles. The van der Waals surface area contributed by atoms with Crippen molar-refractivity contribution in [2.24, 2.45) is 0 Å². The number of pyridine rings is 1. The Morgan fingerprint density at radius 3 is 2.95 bits per heavy atom. The maximum absolute atomic E-state index is 12.1. The van der Waals surface area contributed by atoms with Gasteiger partial charge in [-0.15, -0.1) is 0 Å². The van der Waals surface area contributed by atoms with E-state index in [1.54, 1.807) is 16.8 Å². The second-order valence-electron chi connectivity index (χ2n) is 5.24. The largest absolute Gasteiger partial charge is 0.472 e. The molecule has 0 amide bonds. The Labute approximate surface area is 126 Å². The van der Waals surface area contributed by atoms with Gasteiger partial charge in [0.1, 0.15) is 6.10 Å². The zero-order chi connectivity index (χ0) is 14.9. The number of fused-ring (bicyclic) bond motifs is 1. The van der Waals surface area contributed by atoms with E-state index < -0.39 is 0 Å². The highest BCUT2D eigenvalue weighted by molar-refractivity contribution is 5.77. The summed E-state index contributed by atoms with van der Waals surface area (Å²) in [6.07, 6.45) is 2.59. The lowest BCUT2D eigenvalue weighted by atomic mass is 10.3. The predicted octanol–water partition coefficient (Wildman–Crippen LogP) is 1.88. The van der Waals surface area contributed by atoms with Crippen molar-refractivity contribution >= 4 is 11.0 Å². The summed E-state index contributed by atoms with van der Waals surface area (Å²) in [6.45, 7) is 1.33. The monoisotopic (exact) mass is 297 g/mol. The van der Waals surface area contributed by atoms with Gasteiger partial charge in [-0.2, -0.15) is 0 Å². The summed E-state index contributed by atoms with van der Waals surface area (Å²) in [5.41, 5.74) is 2.15. The SMILES string of the molecule is O=c1[nH]c2ccccc2n1-c1ccc(OC2CCOC2)nc1. The van der Waals surface area contributed by atoms with Gasteiger partial charge < -0.3 is 14.5 Å². The highest BCUT2D eigenvalue weighted by Crippen LogP contribution is 2.18. The molecule has 0 radical (unpaired) electrons. The summed E-state index contributed by atoms with van der Waals surface area (Å²) in [5, 5.41) is 0. The van der Waals surface area contributed by atoms with Crippen molar-refractivity contribution in [2.45, 2.75) is 12.5 Å². The van der Waals surface area contributed by atoms with Crippen LogP contribution in [0.15, 0.2) is 47.4 Å². The minimum atomic E-state index is -0.180. The zero-order valence-corrected chi connectivity index (χ0v) is 11.9. The topological polar surface area (TPSA) is 69.1 Å². The number of hydrogen-bond acceptors (Lipinski definition) is 4. The quantitative estimate of drug-likeness (QED) is 0.801. The lowest BCUT2D eigenvalue weighted by Crippen LogP contribution is -2.17. The van der Waals surface area contributed by atoms with Crippen molar-refractivity contribution in [2.75, 3.05) is 13.2 Å². The van der Waals surface area contributed by atoms with Gasteiger partial charge in [-0.3, -0.25) is 4.57 Å². The number of nitrogens with one attached hydrogen (secondary N) is 1. The van der Waals surface area contributed by atoms with E-state index in [-0.39, 0.29) is 11.8 Å². The van der Waals surface area contributed by atoms with Crippen LogP contribution in [0.1, 0.15) is 6.42 Å². The Hall–Kier alpha value is -2.60. The maximum atomic E-state index is 12.1. The first-order chi connectivity index (χ1) is 10.8. The minimum absolute atomic E-state index is 0.0640. The molecule has 0 spiro atoms. The van der Waals surface area contributed by atoms with Crippen molar-refractivity contribution in [3.63, 3.8) is 0 Å². The number of H-pyrrole nitrogens is 1. The molecule has 1 fully saturated rings. The van der Waals surface area contributed by atoms with Crippen LogP contribution in [0.4, 0.5) is 0 Å². The predicted molar refractivity (Wildman–Crippen MR) is 81.5 cm³/mol. The fourth-order valence-corrected chi connectivity index (χ4v) is 2.66. The lowest BCUT2D eigenvalue weighted by Gasteiger charge is -2.11. The summed E-state index contributed by atoms with van der Waals surface area (Å²) < 4.78 is 12.6. The Morgan fingerprint density at radius 1 is 1.27 bits per heavy atom. The smallest absolute Gasteiger partial charge is 0.331 e. The molecule has 3 aromatic rings. The summed E-state index contributed by atoms with van der Waals surface area (Å²) in [4.78, 5) is 19.3. The molecule has 0 saturated carbocycles. The number of aromatic amines is 1. The highest BCUT2D eigenvalue weighted by Gasteiger charge is 2.17. The molecule has 1 aliphatic rings. The van der Waals surface area contributed by atoms with E-state index in [4.69, 9.17) is 9.47 Å². The molecule has 1 saturated heterocycles. The molecule has 1 aromatic carbocycles. The van der Waals surface area contributed by atoms with Crippen LogP contribution in [-0.2, 0) is 4.74 Å². The highest BCUT2D eigenvalue weighted by atomic mass is 16.5. The van der Waals surface area contributed by atoms with Crippen molar-refractivity contribution in [1.82, 2.24) is 14.5 Å². The summed E-state index contributed by atoms with van der Waals surface area (Å²) in [6, 6.07) is 11.2.